The second-order valence-electron chi connectivity index (χ2n) is 8.02. The highest BCUT2D eigenvalue weighted by molar-refractivity contribution is 5.75. The van der Waals surface area contributed by atoms with Crippen LogP contribution in [0.4, 0.5) is 0 Å². The minimum Gasteiger partial charge on any atom is -0.374 e. The maximum Gasteiger partial charge on any atom is 0.226 e. The third-order valence-electron chi connectivity index (χ3n) is 4.10. The van der Waals surface area contributed by atoms with E-state index >= 15 is 0 Å². The Morgan fingerprint density at radius 2 is 1.93 bits per heavy atom. The number of carbonyl (C=O) groups is 1. The first kappa shape index (κ1) is 21.1. The summed E-state index contributed by atoms with van der Waals surface area (Å²) in [6.07, 6.45) is 1.89. The van der Waals surface area contributed by atoms with E-state index in [9.17, 15) is 4.79 Å². The number of nitrogens with one attached hydrogen (secondary N) is 1. The molecule has 6 heteroatoms. The fraction of sp³-hybridized carbons (Fsp3) is 0.571. The molecule has 0 fully saturated rings. The maximum atomic E-state index is 12.1. The number of amides is 1. The standard InChI is InChI=1S/C21H31N3O3/c1-15(2)26-14-17-10-7-6-9-16(17)13-22-18(25)11-8-12-19-23-20(24-27-19)21(3,4)5/h6-7,9-10,15H,8,11-14H2,1-5H3,(H,22,25). The van der Waals surface area contributed by atoms with Crippen molar-refractivity contribution in [3.05, 3.63) is 47.1 Å². The van der Waals surface area contributed by atoms with Crippen molar-refractivity contribution in [2.75, 3.05) is 0 Å². The Balaban J connectivity index is 1.76. The van der Waals surface area contributed by atoms with E-state index in [4.69, 9.17) is 9.26 Å². The Hall–Kier alpha value is -2.21. The topological polar surface area (TPSA) is 77.2 Å². The minimum atomic E-state index is -0.133. The van der Waals surface area contributed by atoms with Crippen LogP contribution >= 0.6 is 0 Å². The lowest BCUT2D eigenvalue weighted by molar-refractivity contribution is -0.121. The van der Waals surface area contributed by atoms with Crippen molar-refractivity contribution in [1.82, 2.24) is 15.5 Å². The Morgan fingerprint density at radius 3 is 2.56 bits per heavy atom. The molecule has 0 atom stereocenters. The predicted octanol–water partition coefficient (Wildman–Crippen LogP) is 3.93. The van der Waals surface area contributed by atoms with Gasteiger partial charge in [0.1, 0.15) is 0 Å². The average molecular weight is 373 g/mol. The van der Waals surface area contributed by atoms with Crippen LogP contribution in [-0.4, -0.2) is 22.2 Å². The molecule has 0 saturated heterocycles. The molecule has 0 saturated carbocycles. The molecule has 0 spiro atoms. The van der Waals surface area contributed by atoms with Crippen LogP contribution in [0.1, 0.15) is 70.3 Å². The SMILES string of the molecule is CC(C)OCc1ccccc1CNC(=O)CCCc1nc(C(C)(C)C)no1. The van der Waals surface area contributed by atoms with Gasteiger partial charge < -0.3 is 14.6 Å². The van der Waals surface area contributed by atoms with E-state index in [-0.39, 0.29) is 17.4 Å². The monoisotopic (exact) mass is 373 g/mol. The van der Waals surface area contributed by atoms with Gasteiger partial charge in [0.2, 0.25) is 11.8 Å². The lowest BCUT2D eigenvalue weighted by Gasteiger charge is -2.13. The summed E-state index contributed by atoms with van der Waals surface area (Å²) in [5, 5.41) is 6.98. The van der Waals surface area contributed by atoms with Crippen molar-refractivity contribution in [3.8, 4) is 0 Å². The van der Waals surface area contributed by atoms with E-state index in [0.29, 0.717) is 44.1 Å². The number of hydrogen-bond acceptors (Lipinski definition) is 5. The average Bonchev–Trinajstić information content (AvgIpc) is 3.08. The predicted molar refractivity (Wildman–Crippen MR) is 104 cm³/mol. The van der Waals surface area contributed by atoms with E-state index in [1.54, 1.807) is 0 Å². The molecule has 0 aliphatic carbocycles. The van der Waals surface area contributed by atoms with Gasteiger partial charge in [-0.05, 0) is 31.4 Å². The van der Waals surface area contributed by atoms with Gasteiger partial charge >= 0.3 is 0 Å². The minimum absolute atomic E-state index is 0.0186. The van der Waals surface area contributed by atoms with Crippen molar-refractivity contribution in [1.29, 1.82) is 0 Å². The molecule has 2 rings (SSSR count). The van der Waals surface area contributed by atoms with Crippen LogP contribution in [0.3, 0.4) is 0 Å². The van der Waals surface area contributed by atoms with Gasteiger partial charge in [-0.1, -0.05) is 50.2 Å². The third kappa shape index (κ3) is 7.13. The molecule has 2 aromatic rings. The molecule has 0 unspecified atom stereocenters. The Morgan fingerprint density at radius 1 is 1.22 bits per heavy atom. The summed E-state index contributed by atoms with van der Waals surface area (Å²) in [5.41, 5.74) is 2.05. The number of carbonyl (C=O) groups excluding carboxylic acids is 1. The zero-order valence-corrected chi connectivity index (χ0v) is 17.0. The van der Waals surface area contributed by atoms with Crippen LogP contribution in [0.2, 0.25) is 0 Å². The molecule has 0 aliphatic rings. The van der Waals surface area contributed by atoms with Crippen molar-refractivity contribution in [2.45, 2.75) is 78.6 Å². The van der Waals surface area contributed by atoms with Gasteiger partial charge in [-0.3, -0.25) is 4.79 Å². The van der Waals surface area contributed by atoms with Gasteiger partial charge in [-0.15, -0.1) is 0 Å². The molecular weight excluding hydrogens is 342 g/mol. The number of aromatic nitrogens is 2. The zero-order chi connectivity index (χ0) is 19.9. The van der Waals surface area contributed by atoms with Crippen LogP contribution in [0, 0.1) is 0 Å². The van der Waals surface area contributed by atoms with Crippen LogP contribution in [0.25, 0.3) is 0 Å². The fourth-order valence-corrected chi connectivity index (χ4v) is 2.47. The largest absolute Gasteiger partial charge is 0.374 e. The first-order valence-corrected chi connectivity index (χ1v) is 9.54. The second-order valence-corrected chi connectivity index (χ2v) is 8.02. The lowest BCUT2D eigenvalue weighted by Crippen LogP contribution is -2.23. The van der Waals surface area contributed by atoms with Crippen molar-refractivity contribution in [2.24, 2.45) is 0 Å². The summed E-state index contributed by atoms with van der Waals surface area (Å²) in [6.45, 7) is 11.2. The summed E-state index contributed by atoms with van der Waals surface area (Å²) < 4.78 is 10.9. The van der Waals surface area contributed by atoms with Gasteiger partial charge in [0, 0.05) is 24.8 Å². The Kier molecular flexibility index (Phi) is 7.54. The summed E-state index contributed by atoms with van der Waals surface area (Å²) in [7, 11) is 0. The van der Waals surface area contributed by atoms with E-state index in [0.717, 1.165) is 11.1 Å². The van der Waals surface area contributed by atoms with Crippen LogP contribution in [0.5, 0.6) is 0 Å². The highest BCUT2D eigenvalue weighted by Gasteiger charge is 2.20. The van der Waals surface area contributed by atoms with Gasteiger partial charge in [-0.25, -0.2) is 0 Å². The highest BCUT2D eigenvalue weighted by Crippen LogP contribution is 2.19. The van der Waals surface area contributed by atoms with Crippen molar-refractivity contribution >= 4 is 5.91 Å². The molecule has 148 valence electrons. The smallest absolute Gasteiger partial charge is 0.226 e. The highest BCUT2D eigenvalue weighted by atomic mass is 16.5. The quantitative estimate of drug-likeness (QED) is 0.720. The van der Waals surface area contributed by atoms with Gasteiger partial charge in [0.05, 0.1) is 12.7 Å². The fourth-order valence-electron chi connectivity index (χ4n) is 2.47. The van der Waals surface area contributed by atoms with Crippen LogP contribution < -0.4 is 5.32 Å². The Bertz CT molecular complexity index is 732. The van der Waals surface area contributed by atoms with Crippen molar-refractivity contribution < 1.29 is 14.1 Å². The number of rotatable bonds is 9. The number of aryl methyl sites for hydroxylation is 1. The van der Waals surface area contributed by atoms with Crippen molar-refractivity contribution in [3.63, 3.8) is 0 Å². The van der Waals surface area contributed by atoms with Crippen LogP contribution in [0.15, 0.2) is 28.8 Å². The van der Waals surface area contributed by atoms with E-state index in [1.807, 2.05) is 58.9 Å². The van der Waals surface area contributed by atoms with E-state index in [1.165, 1.54) is 0 Å². The first-order chi connectivity index (χ1) is 12.8. The molecule has 6 nitrogen and oxygen atoms in total. The van der Waals surface area contributed by atoms with Gasteiger partial charge in [0.25, 0.3) is 0 Å². The maximum absolute atomic E-state index is 12.1. The zero-order valence-electron chi connectivity index (χ0n) is 17.0. The van der Waals surface area contributed by atoms with Gasteiger partial charge in [0.15, 0.2) is 5.82 Å². The normalized spacial score (nSPS) is 11.8. The summed E-state index contributed by atoms with van der Waals surface area (Å²) >= 11 is 0. The van der Waals surface area contributed by atoms with Gasteiger partial charge in [-0.2, -0.15) is 4.98 Å². The molecule has 1 N–H and O–H groups in total. The molecule has 1 amide bonds. The number of ether oxygens (including phenoxy) is 1. The molecule has 0 bridgehead atoms. The summed E-state index contributed by atoms with van der Waals surface area (Å²) in [5.74, 6) is 1.30. The third-order valence-corrected chi connectivity index (χ3v) is 4.10. The molecule has 27 heavy (non-hydrogen) atoms. The number of nitrogens with zero attached hydrogens (tertiary/aromatic N) is 2. The summed E-state index contributed by atoms with van der Waals surface area (Å²) in [6, 6.07) is 8.02. The van der Waals surface area contributed by atoms with E-state index in [2.05, 4.69) is 15.5 Å². The first-order valence-electron chi connectivity index (χ1n) is 9.54. The molecule has 1 aromatic heterocycles. The van der Waals surface area contributed by atoms with Crippen LogP contribution in [-0.2, 0) is 34.5 Å². The molecule has 1 heterocycles. The lowest BCUT2D eigenvalue weighted by atomic mass is 9.96. The molecule has 0 aliphatic heterocycles. The molecule has 0 radical (unpaired) electrons. The number of benzene rings is 1. The molecular formula is C21H31N3O3. The van der Waals surface area contributed by atoms with E-state index < -0.39 is 0 Å². The second kappa shape index (κ2) is 9.65. The Labute approximate surface area is 161 Å². The summed E-state index contributed by atoms with van der Waals surface area (Å²) in [4.78, 5) is 16.5. The number of hydrogen-bond donors (Lipinski definition) is 1. The molecule has 1 aromatic carbocycles.